The van der Waals surface area contributed by atoms with Crippen LogP contribution in [0, 0.1) is 0 Å². The van der Waals surface area contributed by atoms with Crippen molar-refractivity contribution in [2.24, 2.45) is 0 Å². The van der Waals surface area contributed by atoms with Crippen LogP contribution in [-0.2, 0) is 11.2 Å². The maximum Gasteiger partial charge on any atom is 0.170 e. The Morgan fingerprint density at radius 2 is 1.79 bits per heavy atom. The van der Waals surface area contributed by atoms with Gasteiger partial charge in [0, 0.05) is 15.4 Å². The van der Waals surface area contributed by atoms with Crippen LogP contribution in [0.2, 0.25) is 0 Å². The maximum absolute atomic E-state index is 12.8. The number of alkyl halides is 1. The maximum atomic E-state index is 12.8. The number of phenolic OH excluding ortho intramolecular Hbond substituents is 1. The highest BCUT2D eigenvalue weighted by Gasteiger charge is 2.13. The largest absolute Gasteiger partial charge is 0.508 e. The summed E-state index contributed by atoms with van der Waals surface area (Å²) in [5.74, 6) is 0.997. The van der Waals surface area contributed by atoms with Gasteiger partial charge >= 0.3 is 0 Å². The van der Waals surface area contributed by atoms with E-state index in [-0.39, 0.29) is 31.1 Å². The smallest absolute Gasteiger partial charge is 0.170 e. The van der Waals surface area contributed by atoms with Crippen LogP contribution in [-0.4, -0.2) is 23.7 Å². The molecule has 0 bridgehead atoms. The van der Waals surface area contributed by atoms with Crippen LogP contribution in [0.5, 0.6) is 11.5 Å². The molecule has 2 aromatic carbocycles. The number of ether oxygens (including phenoxy) is 1. The molecular formula is C22H25Br2FO3. The van der Waals surface area contributed by atoms with E-state index in [1.807, 2.05) is 38.1 Å². The van der Waals surface area contributed by atoms with Gasteiger partial charge in [-0.2, -0.15) is 0 Å². The van der Waals surface area contributed by atoms with Gasteiger partial charge in [0.15, 0.2) is 5.78 Å². The molecule has 0 fully saturated rings. The summed E-state index contributed by atoms with van der Waals surface area (Å²) in [6.45, 7) is 5.47. The molecule has 1 atom stereocenters. The van der Waals surface area contributed by atoms with Gasteiger partial charge in [-0.15, -0.1) is 0 Å². The molecule has 1 N–H and O–H groups in total. The first-order valence-corrected chi connectivity index (χ1v) is 10.8. The van der Waals surface area contributed by atoms with Crippen molar-refractivity contribution < 1.29 is 19.0 Å². The van der Waals surface area contributed by atoms with Crippen LogP contribution in [0.3, 0.4) is 0 Å². The number of benzene rings is 2. The lowest BCUT2D eigenvalue weighted by Crippen LogP contribution is -2.12. The molecule has 0 aromatic heterocycles. The average molecular weight is 516 g/mol. The van der Waals surface area contributed by atoms with E-state index in [2.05, 4.69) is 31.9 Å². The van der Waals surface area contributed by atoms with Gasteiger partial charge in [-0.3, -0.25) is 4.79 Å². The fourth-order valence-corrected chi connectivity index (χ4v) is 4.23. The zero-order chi connectivity index (χ0) is 20.8. The van der Waals surface area contributed by atoms with E-state index in [1.165, 1.54) is 6.92 Å². The summed E-state index contributed by atoms with van der Waals surface area (Å²) in [7, 11) is 0. The minimum Gasteiger partial charge on any atom is -0.508 e. The van der Waals surface area contributed by atoms with Crippen molar-refractivity contribution in [1.82, 2.24) is 0 Å². The highest BCUT2D eigenvalue weighted by Crippen LogP contribution is 2.34. The molecule has 3 nitrogen and oxygen atoms in total. The Labute approximate surface area is 182 Å². The van der Waals surface area contributed by atoms with Gasteiger partial charge in [0.1, 0.15) is 18.1 Å². The number of rotatable bonds is 9. The summed E-state index contributed by atoms with van der Waals surface area (Å²) < 4.78 is 20.1. The van der Waals surface area contributed by atoms with Crippen molar-refractivity contribution in [1.29, 1.82) is 0 Å². The van der Waals surface area contributed by atoms with Gasteiger partial charge in [0.05, 0.1) is 6.17 Å². The molecule has 152 valence electrons. The van der Waals surface area contributed by atoms with Crippen molar-refractivity contribution in [3.8, 4) is 11.5 Å². The monoisotopic (exact) mass is 514 g/mol. The molecule has 0 aliphatic rings. The Balaban J connectivity index is 2.10. The number of carbonyl (C=O) groups is 1. The highest BCUT2D eigenvalue weighted by atomic mass is 79.9. The van der Waals surface area contributed by atoms with E-state index in [9.17, 15) is 14.3 Å². The molecule has 0 heterocycles. The van der Waals surface area contributed by atoms with Crippen molar-refractivity contribution in [3.05, 3.63) is 56.0 Å². The van der Waals surface area contributed by atoms with Gasteiger partial charge in [0.2, 0.25) is 0 Å². The van der Waals surface area contributed by atoms with E-state index >= 15 is 0 Å². The Bertz CT molecular complexity index is 812. The second kappa shape index (κ2) is 10.4. The standard InChI is InChI=1S/C22H25Br2FO3/c1-13(2)18-8-15(5-7-22(18)27)9-19-20(23)10-17(11-21(19)24)28-12-16(26)6-4-14(3)25/h5,7-8,10-11,13-14,27H,4,6,9,12H2,1-3H3. The predicted octanol–water partition coefficient (Wildman–Crippen LogP) is 6.72. The van der Waals surface area contributed by atoms with Crippen molar-refractivity contribution in [2.45, 2.75) is 52.1 Å². The van der Waals surface area contributed by atoms with Crippen molar-refractivity contribution in [3.63, 3.8) is 0 Å². The van der Waals surface area contributed by atoms with E-state index in [4.69, 9.17) is 4.74 Å². The lowest BCUT2D eigenvalue weighted by Gasteiger charge is -2.14. The molecule has 1 unspecified atom stereocenters. The molecule has 0 saturated carbocycles. The number of Topliss-reactive ketones (excluding diaryl/α,β-unsaturated/α-hetero) is 1. The number of phenols is 1. The summed E-state index contributed by atoms with van der Waals surface area (Å²) >= 11 is 7.16. The molecule has 28 heavy (non-hydrogen) atoms. The zero-order valence-corrected chi connectivity index (χ0v) is 19.4. The first-order chi connectivity index (χ1) is 13.2. The summed E-state index contributed by atoms with van der Waals surface area (Å²) in [5.41, 5.74) is 3.06. The number of hydrogen-bond acceptors (Lipinski definition) is 3. The third-order valence-electron chi connectivity index (χ3n) is 4.43. The van der Waals surface area contributed by atoms with E-state index in [0.29, 0.717) is 17.9 Å². The molecule has 0 spiro atoms. The first-order valence-electron chi connectivity index (χ1n) is 9.25. The van der Waals surface area contributed by atoms with Gasteiger partial charge in [-0.05, 0) is 60.6 Å². The van der Waals surface area contributed by atoms with Crippen LogP contribution in [0.15, 0.2) is 39.3 Å². The third kappa shape index (κ3) is 6.59. The normalized spacial score (nSPS) is 12.2. The lowest BCUT2D eigenvalue weighted by molar-refractivity contribution is -0.121. The second-order valence-electron chi connectivity index (χ2n) is 7.24. The van der Waals surface area contributed by atoms with Crippen LogP contribution in [0.1, 0.15) is 56.2 Å². The van der Waals surface area contributed by atoms with Crippen molar-refractivity contribution >= 4 is 37.6 Å². The van der Waals surface area contributed by atoms with Crippen molar-refractivity contribution in [2.75, 3.05) is 6.61 Å². The van der Waals surface area contributed by atoms with Crippen LogP contribution in [0.4, 0.5) is 4.39 Å². The second-order valence-corrected chi connectivity index (χ2v) is 8.95. The SMILES string of the molecule is CC(F)CCC(=O)COc1cc(Br)c(Cc2ccc(O)c(C(C)C)c2)c(Br)c1. The number of carbonyl (C=O) groups excluding carboxylic acids is 1. The fraction of sp³-hybridized carbons (Fsp3) is 0.409. The topological polar surface area (TPSA) is 46.5 Å². The first kappa shape index (κ1) is 22.9. The molecule has 0 amide bonds. The molecule has 6 heteroatoms. The summed E-state index contributed by atoms with van der Waals surface area (Å²) in [5, 5.41) is 10.0. The molecule has 2 aromatic rings. The molecular weight excluding hydrogens is 491 g/mol. The average Bonchev–Trinajstić information content (AvgIpc) is 2.62. The number of ketones is 1. The lowest BCUT2D eigenvalue weighted by atomic mass is 9.96. The molecule has 0 aliphatic heterocycles. The Morgan fingerprint density at radius 1 is 1.14 bits per heavy atom. The number of halogens is 3. The van der Waals surface area contributed by atoms with Gasteiger partial charge < -0.3 is 9.84 Å². The highest BCUT2D eigenvalue weighted by molar-refractivity contribution is 9.11. The van der Waals surface area contributed by atoms with Gasteiger partial charge in [-0.1, -0.05) is 57.8 Å². The molecule has 0 saturated heterocycles. The Kier molecular flexibility index (Phi) is 8.50. The van der Waals surface area contributed by atoms with E-state index in [1.54, 1.807) is 6.07 Å². The van der Waals surface area contributed by atoms with Crippen LogP contribution in [0.25, 0.3) is 0 Å². The van der Waals surface area contributed by atoms with Crippen LogP contribution < -0.4 is 4.74 Å². The zero-order valence-electron chi connectivity index (χ0n) is 16.3. The molecule has 2 rings (SSSR count). The minimum absolute atomic E-state index is 0.0688. The fourth-order valence-electron chi connectivity index (χ4n) is 2.81. The Hall–Kier alpha value is -1.40. The summed E-state index contributed by atoms with van der Waals surface area (Å²) in [6, 6.07) is 9.32. The predicted molar refractivity (Wildman–Crippen MR) is 117 cm³/mol. The quantitative estimate of drug-likeness (QED) is 0.403. The Morgan fingerprint density at radius 3 is 2.36 bits per heavy atom. The summed E-state index contributed by atoms with van der Waals surface area (Å²) in [4.78, 5) is 11.8. The van der Waals surface area contributed by atoms with E-state index in [0.717, 1.165) is 25.6 Å². The minimum atomic E-state index is -0.984. The van der Waals surface area contributed by atoms with Gasteiger partial charge in [0.25, 0.3) is 0 Å². The molecule has 0 aliphatic carbocycles. The number of aromatic hydroxyl groups is 1. The van der Waals surface area contributed by atoms with Crippen LogP contribution >= 0.6 is 31.9 Å². The number of hydrogen-bond donors (Lipinski definition) is 1. The summed E-state index contributed by atoms with van der Waals surface area (Å²) in [6.07, 6.45) is 0.0911. The third-order valence-corrected chi connectivity index (χ3v) is 5.85. The van der Waals surface area contributed by atoms with E-state index < -0.39 is 6.17 Å². The van der Waals surface area contributed by atoms with Gasteiger partial charge in [-0.25, -0.2) is 4.39 Å². The molecule has 0 radical (unpaired) electrons.